The van der Waals surface area contributed by atoms with Crippen LogP contribution in [-0.4, -0.2) is 59.4 Å². The molecule has 4 amide bonds. The first-order chi connectivity index (χ1) is 14.5. The van der Waals surface area contributed by atoms with Crippen LogP contribution in [0.3, 0.4) is 0 Å². The van der Waals surface area contributed by atoms with Crippen LogP contribution in [0.5, 0.6) is 0 Å². The lowest BCUT2D eigenvalue weighted by atomic mass is 9.96. The van der Waals surface area contributed by atoms with Crippen LogP contribution in [0.1, 0.15) is 60.9 Å². The van der Waals surface area contributed by atoms with Crippen LogP contribution in [0.4, 0.5) is 4.79 Å². The number of nitrogens with zero attached hydrogens (tertiary/aromatic N) is 2. The first kappa shape index (κ1) is 20.4. The fraction of sp³-hybridized carbons (Fsp3) is 0.522. The van der Waals surface area contributed by atoms with Crippen LogP contribution in [0.15, 0.2) is 30.8 Å². The molecule has 2 fully saturated rings. The number of hydrogen-bond acceptors (Lipinski definition) is 3. The molecule has 0 aromatic heterocycles. The van der Waals surface area contributed by atoms with E-state index in [1.54, 1.807) is 11.0 Å². The summed E-state index contributed by atoms with van der Waals surface area (Å²) in [6, 6.07) is 7.57. The van der Waals surface area contributed by atoms with Gasteiger partial charge in [-0.1, -0.05) is 44.0 Å². The molecule has 4 rings (SSSR count). The lowest BCUT2D eigenvalue weighted by molar-refractivity contribution is -0.132. The standard InChI is InChI=1S/C23H30N4O3/c1-16-19-9-5-6-10-20(19)22(29)27(16)15-21(28)26-13-11-18(12-14-26)25-23(30)24-17-7-3-2-4-8-17/h5-6,9-10,17-18H,1-4,7-8,11-15H2,(H2,24,25,30). The number of carbonyl (C=O) groups is 3. The van der Waals surface area contributed by atoms with Gasteiger partial charge in [0.2, 0.25) is 5.91 Å². The van der Waals surface area contributed by atoms with Gasteiger partial charge in [0.15, 0.2) is 0 Å². The van der Waals surface area contributed by atoms with E-state index in [1.807, 2.05) is 18.2 Å². The molecule has 1 aromatic rings. The van der Waals surface area contributed by atoms with Gasteiger partial charge in [-0.25, -0.2) is 4.79 Å². The molecule has 160 valence electrons. The van der Waals surface area contributed by atoms with Gasteiger partial charge in [0.05, 0.1) is 0 Å². The van der Waals surface area contributed by atoms with Gasteiger partial charge in [0.25, 0.3) is 5.91 Å². The summed E-state index contributed by atoms with van der Waals surface area (Å²) in [4.78, 5) is 40.9. The molecule has 0 spiro atoms. The predicted molar refractivity (Wildman–Crippen MR) is 115 cm³/mol. The molecule has 7 heteroatoms. The number of fused-ring (bicyclic) bond motifs is 1. The molecule has 0 radical (unpaired) electrons. The van der Waals surface area contributed by atoms with Crippen LogP contribution >= 0.6 is 0 Å². The average Bonchev–Trinajstić information content (AvgIpc) is 3.00. The SMILES string of the molecule is C=C1c2ccccc2C(=O)N1CC(=O)N1CCC(NC(=O)NC2CCCCC2)CC1. The topological polar surface area (TPSA) is 81.8 Å². The number of amides is 4. The van der Waals surface area contributed by atoms with E-state index in [4.69, 9.17) is 0 Å². The molecule has 1 aliphatic carbocycles. The lowest BCUT2D eigenvalue weighted by Crippen LogP contribution is -2.52. The number of benzene rings is 1. The number of rotatable bonds is 4. The van der Waals surface area contributed by atoms with Gasteiger partial charge >= 0.3 is 6.03 Å². The van der Waals surface area contributed by atoms with Crippen LogP contribution in [-0.2, 0) is 4.79 Å². The molecular formula is C23H30N4O3. The zero-order valence-corrected chi connectivity index (χ0v) is 17.4. The summed E-state index contributed by atoms with van der Waals surface area (Å²) in [7, 11) is 0. The van der Waals surface area contributed by atoms with Crippen molar-refractivity contribution in [3.8, 4) is 0 Å². The summed E-state index contributed by atoms with van der Waals surface area (Å²) in [6.45, 7) is 5.16. The highest BCUT2D eigenvalue weighted by Crippen LogP contribution is 2.31. The van der Waals surface area contributed by atoms with Gasteiger partial charge in [-0.3, -0.25) is 14.5 Å². The Balaban J connectivity index is 1.23. The normalized spacial score (nSPS) is 20.3. The molecule has 1 saturated carbocycles. The second kappa shape index (κ2) is 8.90. The summed E-state index contributed by atoms with van der Waals surface area (Å²) in [5.74, 6) is -0.248. The van der Waals surface area contributed by atoms with E-state index in [0.29, 0.717) is 24.4 Å². The molecule has 1 aromatic carbocycles. The Morgan fingerprint density at radius 2 is 1.53 bits per heavy atom. The first-order valence-corrected chi connectivity index (χ1v) is 11.0. The van der Waals surface area contributed by atoms with Gasteiger partial charge in [0, 0.05) is 42.0 Å². The van der Waals surface area contributed by atoms with Crippen molar-refractivity contribution in [3.63, 3.8) is 0 Å². The van der Waals surface area contributed by atoms with E-state index in [1.165, 1.54) is 24.2 Å². The molecular weight excluding hydrogens is 380 g/mol. The highest BCUT2D eigenvalue weighted by atomic mass is 16.2. The van der Waals surface area contributed by atoms with Gasteiger partial charge < -0.3 is 15.5 Å². The molecule has 0 bridgehead atoms. The molecule has 1 saturated heterocycles. The Hall–Kier alpha value is -2.83. The molecule has 2 N–H and O–H groups in total. The van der Waals surface area contributed by atoms with Crippen molar-refractivity contribution in [1.82, 2.24) is 20.4 Å². The van der Waals surface area contributed by atoms with Crippen molar-refractivity contribution in [3.05, 3.63) is 42.0 Å². The first-order valence-electron chi connectivity index (χ1n) is 11.0. The van der Waals surface area contributed by atoms with E-state index in [0.717, 1.165) is 31.2 Å². The Bertz CT molecular complexity index is 804. The van der Waals surface area contributed by atoms with Crippen molar-refractivity contribution in [2.45, 2.75) is 57.0 Å². The summed E-state index contributed by atoms with van der Waals surface area (Å²) < 4.78 is 0. The minimum atomic E-state index is -0.167. The van der Waals surface area contributed by atoms with Crippen LogP contribution in [0, 0.1) is 0 Å². The number of nitrogens with one attached hydrogen (secondary N) is 2. The molecule has 0 unspecified atom stereocenters. The quantitative estimate of drug-likeness (QED) is 0.801. The molecule has 2 aliphatic heterocycles. The highest BCUT2D eigenvalue weighted by Gasteiger charge is 2.34. The van der Waals surface area contributed by atoms with Crippen molar-refractivity contribution in [2.24, 2.45) is 0 Å². The van der Waals surface area contributed by atoms with E-state index >= 15 is 0 Å². The number of urea groups is 1. The maximum Gasteiger partial charge on any atom is 0.315 e. The fourth-order valence-electron chi connectivity index (χ4n) is 4.67. The summed E-state index contributed by atoms with van der Waals surface area (Å²) >= 11 is 0. The van der Waals surface area contributed by atoms with Crippen LogP contribution in [0.2, 0.25) is 0 Å². The largest absolute Gasteiger partial charge is 0.341 e. The van der Waals surface area contributed by atoms with Crippen molar-refractivity contribution in [2.75, 3.05) is 19.6 Å². The second-order valence-electron chi connectivity index (χ2n) is 8.49. The Morgan fingerprint density at radius 3 is 2.17 bits per heavy atom. The zero-order valence-electron chi connectivity index (χ0n) is 17.4. The van der Waals surface area contributed by atoms with Gasteiger partial charge in [-0.2, -0.15) is 0 Å². The van der Waals surface area contributed by atoms with Gasteiger partial charge in [-0.15, -0.1) is 0 Å². The molecule has 3 aliphatic rings. The van der Waals surface area contributed by atoms with Gasteiger partial charge in [-0.05, 0) is 31.7 Å². The van der Waals surface area contributed by atoms with E-state index in [9.17, 15) is 14.4 Å². The third kappa shape index (κ3) is 4.35. The number of carbonyl (C=O) groups excluding carboxylic acids is 3. The summed E-state index contributed by atoms with van der Waals surface area (Å²) in [6.07, 6.45) is 7.19. The molecule has 2 heterocycles. The Kier molecular flexibility index (Phi) is 6.06. The van der Waals surface area contributed by atoms with Crippen molar-refractivity contribution in [1.29, 1.82) is 0 Å². The fourth-order valence-corrected chi connectivity index (χ4v) is 4.67. The maximum absolute atomic E-state index is 12.8. The molecule has 0 atom stereocenters. The monoisotopic (exact) mass is 410 g/mol. The summed E-state index contributed by atoms with van der Waals surface area (Å²) in [5.41, 5.74) is 1.98. The van der Waals surface area contributed by atoms with E-state index in [-0.39, 0.29) is 36.5 Å². The van der Waals surface area contributed by atoms with Crippen molar-refractivity contribution >= 4 is 23.5 Å². The summed E-state index contributed by atoms with van der Waals surface area (Å²) in [5, 5.41) is 6.14. The zero-order chi connectivity index (χ0) is 21.1. The van der Waals surface area contributed by atoms with E-state index in [2.05, 4.69) is 17.2 Å². The minimum absolute atomic E-state index is 0.00656. The number of likely N-dealkylation sites (tertiary alicyclic amines) is 1. The number of piperidine rings is 1. The van der Waals surface area contributed by atoms with Gasteiger partial charge in [0.1, 0.15) is 6.54 Å². The van der Waals surface area contributed by atoms with Crippen LogP contribution in [0.25, 0.3) is 5.70 Å². The Morgan fingerprint density at radius 1 is 0.933 bits per heavy atom. The molecule has 30 heavy (non-hydrogen) atoms. The third-order valence-corrected chi connectivity index (χ3v) is 6.46. The second-order valence-corrected chi connectivity index (χ2v) is 8.49. The van der Waals surface area contributed by atoms with E-state index < -0.39 is 0 Å². The third-order valence-electron chi connectivity index (χ3n) is 6.46. The lowest BCUT2D eigenvalue weighted by Gasteiger charge is -2.34. The molecule has 7 nitrogen and oxygen atoms in total. The Labute approximate surface area is 177 Å². The number of hydrogen-bond donors (Lipinski definition) is 2. The smallest absolute Gasteiger partial charge is 0.315 e. The predicted octanol–water partition coefficient (Wildman–Crippen LogP) is 2.74. The van der Waals surface area contributed by atoms with Crippen molar-refractivity contribution < 1.29 is 14.4 Å². The maximum atomic E-state index is 12.8. The average molecular weight is 411 g/mol. The van der Waals surface area contributed by atoms with Crippen LogP contribution < -0.4 is 10.6 Å². The minimum Gasteiger partial charge on any atom is -0.341 e. The highest BCUT2D eigenvalue weighted by molar-refractivity contribution is 6.10.